The topological polar surface area (TPSA) is 79.5 Å². The molecule has 6 heteroatoms. The standard InChI is InChI=1S/C11H16N4OS/c1-7-5-8(3-4-9(7)17)6-14-11(13-2)15-10(12)16/h3-5,17H,6H2,1-2H3,(H4,12,13,14,15,16). The van der Waals surface area contributed by atoms with Gasteiger partial charge in [-0.3, -0.25) is 10.3 Å². The van der Waals surface area contributed by atoms with E-state index in [-0.39, 0.29) is 0 Å². The van der Waals surface area contributed by atoms with Crippen molar-refractivity contribution in [3.05, 3.63) is 29.3 Å². The highest BCUT2D eigenvalue weighted by molar-refractivity contribution is 7.80. The van der Waals surface area contributed by atoms with Gasteiger partial charge in [-0.1, -0.05) is 12.1 Å². The van der Waals surface area contributed by atoms with E-state index in [1.165, 1.54) is 0 Å². The van der Waals surface area contributed by atoms with Gasteiger partial charge < -0.3 is 11.1 Å². The molecular formula is C11H16N4OS. The number of nitrogens with two attached hydrogens (primary N) is 1. The molecule has 0 heterocycles. The lowest BCUT2D eigenvalue weighted by molar-refractivity contribution is 0.253. The van der Waals surface area contributed by atoms with Crippen molar-refractivity contribution in [1.29, 1.82) is 0 Å². The molecule has 92 valence electrons. The maximum atomic E-state index is 10.7. The van der Waals surface area contributed by atoms with Crippen LogP contribution in [-0.4, -0.2) is 19.0 Å². The van der Waals surface area contributed by atoms with E-state index in [0.29, 0.717) is 12.5 Å². The molecule has 0 fully saturated rings. The zero-order chi connectivity index (χ0) is 12.8. The monoisotopic (exact) mass is 252 g/mol. The summed E-state index contributed by atoms with van der Waals surface area (Å²) in [5, 5.41) is 5.37. The van der Waals surface area contributed by atoms with Gasteiger partial charge in [-0.25, -0.2) is 4.79 Å². The number of primary amides is 1. The number of nitrogens with one attached hydrogen (secondary N) is 2. The summed E-state index contributed by atoms with van der Waals surface area (Å²) < 4.78 is 0. The zero-order valence-corrected chi connectivity index (χ0v) is 10.7. The summed E-state index contributed by atoms with van der Waals surface area (Å²) in [6, 6.07) is 5.27. The number of benzene rings is 1. The number of rotatable bonds is 2. The second kappa shape index (κ2) is 6.15. The Kier molecular flexibility index (Phi) is 4.84. The van der Waals surface area contributed by atoms with Gasteiger partial charge in [0.1, 0.15) is 0 Å². The number of thiol groups is 1. The summed E-state index contributed by atoms with van der Waals surface area (Å²) in [4.78, 5) is 15.5. The summed E-state index contributed by atoms with van der Waals surface area (Å²) in [6.45, 7) is 2.55. The molecule has 5 nitrogen and oxygen atoms in total. The van der Waals surface area contributed by atoms with Crippen LogP contribution in [0.5, 0.6) is 0 Å². The molecule has 0 aliphatic rings. The number of hydrogen-bond acceptors (Lipinski definition) is 3. The highest BCUT2D eigenvalue weighted by Crippen LogP contribution is 2.14. The van der Waals surface area contributed by atoms with E-state index in [1.54, 1.807) is 7.05 Å². The van der Waals surface area contributed by atoms with Crippen LogP contribution in [0, 0.1) is 6.92 Å². The highest BCUT2D eigenvalue weighted by atomic mass is 32.1. The van der Waals surface area contributed by atoms with Crippen molar-refractivity contribution in [3.8, 4) is 0 Å². The molecule has 0 aromatic heterocycles. The Bertz CT molecular complexity index is 445. The largest absolute Gasteiger partial charge is 0.352 e. The Morgan fingerprint density at radius 1 is 1.53 bits per heavy atom. The summed E-state index contributed by atoms with van der Waals surface area (Å²) in [5.74, 6) is 0.352. The number of guanidine groups is 1. The van der Waals surface area contributed by atoms with Gasteiger partial charge in [-0.15, -0.1) is 12.6 Å². The number of urea groups is 1. The molecular weight excluding hydrogens is 236 g/mol. The van der Waals surface area contributed by atoms with Crippen LogP contribution in [0.15, 0.2) is 28.1 Å². The minimum Gasteiger partial charge on any atom is -0.352 e. The molecule has 4 N–H and O–H groups in total. The van der Waals surface area contributed by atoms with Crippen LogP contribution in [0.3, 0.4) is 0 Å². The first-order chi connectivity index (χ1) is 8.02. The molecule has 0 aliphatic heterocycles. The van der Waals surface area contributed by atoms with Crippen LogP contribution in [-0.2, 0) is 6.54 Å². The molecule has 2 amide bonds. The predicted molar refractivity (Wildman–Crippen MR) is 71.3 cm³/mol. The summed E-state index contributed by atoms with van der Waals surface area (Å²) in [7, 11) is 1.57. The van der Waals surface area contributed by atoms with Crippen molar-refractivity contribution in [3.63, 3.8) is 0 Å². The summed E-state index contributed by atoms with van der Waals surface area (Å²) in [5.41, 5.74) is 7.18. The molecule has 0 saturated heterocycles. The number of hydrogen-bond donors (Lipinski definition) is 4. The Morgan fingerprint density at radius 3 is 2.76 bits per heavy atom. The average molecular weight is 252 g/mol. The van der Waals surface area contributed by atoms with Gasteiger partial charge in [0.05, 0.1) is 0 Å². The molecule has 1 rings (SSSR count). The third kappa shape index (κ3) is 4.36. The molecule has 0 radical (unpaired) electrons. The molecule has 17 heavy (non-hydrogen) atoms. The van der Waals surface area contributed by atoms with E-state index in [9.17, 15) is 4.79 Å². The van der Waals surface area contributed by atoms with Crippen LogP contribution in [0.2, 0.25) is 0 Å². The van der Waals surface area contributed by atoms with Gasteiger partial charge in [0.25, 0.3) is 0 Å². The van der Waals surface area contributed by atoms with E-state index >= 15 is 0 Å². The van der Waals surface area contributed by atoms with Crippen molar-refractivity contribution < 1.29 is 4.79 Å². The van der Waals surface area contributed by atoms with Gasteiger partial charge in [0.15, 0.2) is 5.96 Å². The maximum absolute atomic E-state index is 10.7. The second-order valence-corrected chi connectivity index (χ2v) is 4.02. The fraction of sp³-hybridized carbons (Fsp3) is 0.273. The second-order valence-electron chi connectivity index (χ2n) is 3.54. The fourth-order valence-electron chi connectivity index (χ4n) is 1.31. The van der Waals surface area contributed by atoms with Gasteiger partial charge in [0, 0.05) is 18.5 Å². The predicted octanol–water partition coefficient (Wildman–Crippen LogP) is 1.03. The molecule has 1 aromatic rings. The number of aliphatic imine (C=N–C) groups is 1. The Morgan fingerprint density at radius 2 is 2.24 bits per heavy atom. The lowest BCUT2D eigenvalue weighted by Gasteiger charge is -2.10. The molecule has 0 unspecified atom stereocenters. The van der Waals surface area contributed by atoms with E-state index in [4.69, 9.17) is 5.73 Å². The highest BCUT2D eigenvalue weighted by Gasteiger charge is 2.01. The first-order valence-electron chi connectivity index (χ1n) is 5.08. The van der Waals surface area contributed by atoms with E-state index < -0.39 is 6.03 Å². The lowest BCUT2D eigenvalue weighted by atomic mass is 10.1. The number of carbonyl (C=O) groups is 1. The van der Waals surface area contributed by atoms with E-state index in [1.807, 2.05) is 25.1 Å². The number of carbonyl (C=O) groups excluding carboxylic acids is 1. The Labute approximate surface area is 106 Å². The van der Waals surface area contributed by atoms with Crippen molar-refractivity contribution in [2.75, 3.05) is 7.05 Å². The number of aryl methyl sites for hydroxylation is 1. The molecule has 0 aliphatic carbocycles. The van der Waals surface area contributed by atoms with Crippen molar-refractivity contribution in [2.45, 2.75) is 18.4 Å². The minimum absolute atomic E-state index is 0.352. The lowest BCUT2D eigenvalue weighted by Crippen LogP contribution is -2.43. The van der Waals surface area contributed by atoms with Gasteiger partial charge in [0.2, 0.25) is 0 Å². The van der Waals surface area contributed by atoms with Crippen LogP contribution in [0.1, 0.15) is 11.1 Å². The van der Waals surface area contributed by atoms with E-state index in [2.05, 4.69) is 28.3 Å². The van der Waals surface area contributed by atoms with Crippen molar-refractivity contribution in [2.24, 2.45) is 10.7 Å². The van der Waals surface area contributed by atoms with Crippen molar-refractivity contribution in [1.82, 2.24) is 10.6 Å². The smallest absolute Gasteiger partial charge is 0.318 e. The van der Waals surface area contributed by atoms with Crippen molar-refractivity contribution >= 4 is 24.6 Å². The maximum Gasteiger partial charge on any atom is 0.318 e. The van der Waals surface area contributed by atoms with Crippen LogP contribution < -0.4 is 16.4 Å². The molecule has 0 bridgehead atoms. The Hall–Kier alpha value is -1.69. The molecule has 0 spiro atoms. The molecule has 0 atom stereocenters. The zero-order valence-electron chi connectivity index (χ0n) is 9.82. The van der Waals surface area contributed by atoms with Crippen LogP contribution >= 0.6 is 12.6 Å². The summed E-state index contributed by atoms with van der Waals surface area (Å²) in [6.07, 6.45) is 0. The van der Waals surface area contributed by atoms with Gasteiger partial charge >= 0.3 is 6.03 Å². The number of nitrogens with zero attached hydrogens (tertiary/aromatic N) is 1. The van der Waals surface area contributed by atoms with E-state index in [0.717, 1.165) is 16.0 Å². The normalized spacial score (nSPS) is 11.1. The minimum atomic E-state index is -0.639. The first-order valence-corrected chi connectivity index (χ1v) is 5.53. The first kappa shape index (κ1) is 13.4. The van der Waals surface area contributed by atoms with Crippen LogP contribution in [0.25, 0.3) is 0 Å². The SMILES string of the molecule is CN=C(NCc1ccc(S)c(C)c1)NC(N)=O. The molecule has 0 saturated carbocycles. The quantitative estimate of drug-likeness (QED) is 0.360. The Balaban J connectivity index is 2.60. The summed E-state index contributed by atoms with van der Waals surface area (Å²) >= 11 is 4.30. The van der Waals surface area contributed by atoms with Gasteiger partial charge in [-0.2, -0.15) is 0 Å². The fourth-order valence-corrected chi connectivity index (χ4v) is 1.45. The van der Waals surface area contributed by atoms with Crippen LogP contribution in [0.4, 0.5) is 4.79 Å². The number of amides is 2. The average Bonchev–Trinajstić information content (AvgIpc) is 2.28. The molecule has 1 aromatic carbocycles. The third-order valence-electron chi connectivity index (χ3n) is 2.19. The third-order valence-corrected chi connectivity index (χ3v) is 2.69. The van der Waals surface area contributed by atoms with Gasteiger partial charge in [-0.05, 0) is 24.1 Å².